The summed E-state index contributed by atoms with van der Waals surface area (Å²) in [7, 11) is 0.899. The first kappa shape index (κ1) is 15.9. The maximum atomic E-state index is 12.2. The average Bonchev–Trinajstić information content (AvgIpc) is 2.51. The summed E-state index contributed by atoms with van der Waals surface area (Å²) < 4.78 is 31.5. The maximum absolute atomic E-state index is 12.2. The van der Waals surface area contributed by atoms with E-state index in [-0.39, 0.29) is 11.7 Å². The Hall–Kier alpha value is -0.170. The lowest BCUT2D eigenvalue weighted by Gasteiger charge is -2.24. The Bertz CT molecular complexity index is 330. The third-order valence-electron chi connectivity index (χ3n) is 3.07. The Labute approximate surface area is 111 Å². The molecular formula is C12H26N2O3S. The molecule has 1 saturated heterocycles. The van der Waals surface area contributed by atoms with Gasteiger partial charge in [-0.3, -0.25) is 0 Å². The van der Waals surface area contributed by atoms with Gasteiger partial charge in [0.15, 0.2) is 0 Å². The van der Waals surface area contributed by atoms with E-state index in [0.29, 0.717) is 26.3 Å². The van der Waals surface area contributed by atoms with E-state index in [9.17, 15) is 8.42 Å². The quantitative estimate of drug-likeness (QED) is 0.715. The summed E-state index contributed by atoms with van der Waals surface area (Å²) in [5.41, 5.74) is 0. The predicted octanol–water partition coefficient (Wildman–Crippen LogP) is 0.626. The molecule has 0 radical (unpaired) electrons. The van der Waals surface area contributed by atoms with E-state index < -0.39 is 10.0 Å². The first-order valence-corrected chi connectivity index (χ1v) is 8.27. The van der Waals surface area contributed by atoms with Gasteiger partial charge in [-0.05, 0) is 20.5 Å². The zero-order valence-corrected chi connectivity index (χ0v) is 12.6. The van der Waals surface area contributed by atoms with Crippen molar-refractivity contribution < 1.29 is 13.2 Å². The molecular weight excluding hydrogens is 252 g/mol. The van der Waals surface area contributed by atoms with E-state index in [1.165, 1.54) is 0 Å². The highest BCUT2D eigenvalue weighted by atomic mass is 32.2. The lowest BCUT2D eigenvalue weighted by molar-refractivity contribution is 0.113. The molecule has 18 heavy (non-hydrogen) atoms. The van der Waals surface area contributed by atoms with Crippen molar-refractivity contribution in [3.63, 3.8) is 0 Å². The van der Waals surface area contributed by atoms with Crippen LogP contribution in [0, 0.1) is 5.92 Å². The van der Waals surface area contributed by atoms with Crippen LogP contribution in [0.3, 0.4) is 0 Å². The first-order chi connectivity index (χ1) is 8.45. The molecule has 1 rings (SSSR count). The zero-order valence-electron chi connectivity index (χ0n) is 11.8. The van der Waals surface area contributed by atoms with E-state index >= 15 is 0 Å². The predicted molar refractivity (Wildman–Crippen MR) is 73.1 cm³/mol. The van der Waals surface area contributed by atoms with Crippen LogP contribution in [0.5, 0.6) is 0 Å². The standard InChI is InChI=1S/C12H26N2O3S/c1-4-5-8-18(15,16)14-6-7-17-11-12(10-14)9-13(2)3/h12H,4-11H2,1-3H3. The van der Waals surface area contributed by atoms with Crippen LogP contribution in [0.15, 0.2) is 0 Å². The summed E-state index contributed by atoms with van der Waals surface area (Å²) in [4.78, 5) is 2.08. The van der Waals surface area contributed by atoms with Gasteiger partial charge in [0.2, 0.25) is 10.0 Å². The molecule has 1 aliphatic rings. The lowest BCUT2D eigenvalue weighted by atomic mass is 10.1. The normalized spacial score (nSPS) is 23.2. The number of sulfonamides is 1. The van der Waals surface area contributed by atoms with Crippen molar-refractivity contribution in [1.82, 2.24) is 9.21 Å². The molecule has 6 heteroatoms. The third-order valence-corrected chi connectivity index (χ3v) is 5.00. The molecule has 0 amide bonds. The Morgan fingerprint density at radius 3 is 2.72 bits per heavy atom. The minimum atomic E-state index is -3.10. The van der Waals surface area contributed by atoms with Crippen molar-refractivity contribution in [3.05, 3.63) is 0 Å². The van der Waals surface area contributed by atoms with Crippen LogP contribution in [0.2, 0.25) is 0 Å². The van der Waals surface area contributed by atoms with Gasteiger partial charge in [-0.15, -0.1) is 0 Å². The molecule has 0 aromatic rings. The number of unbranched alkanes of at least 4 members (excludes halogenated alkanes) is 1. The highest BCUT2D eigenvalue weighted by Gasteiger charge is 2.27. The molecule has 1 aliphatic heterocycles. The summed E-state index contributed by atoms with van der Waals surface area (Å²) >= 11 is 0. The van der Waals surface area contributed by atoms with Crippen molar-refractivity contribution in [2.45, 2.75) is 19.8 Å². The van der Waals surface area contributed by atoms with Crippen LogP contribution in [-0.2, 0) is 14.8 Å². The molecule has 0 aromatic heterocycles. The number of rotatable bonds is 6. The largest absolute Gasteiger partial charge is 0.380 e. The van der Waals surface area contributed by atoms with Crippen LogP contribution in [0.4, 0.5) is 0 Å². The van der Waals surface area contributed by atoms with Crippen molar-refractivity contribution in [3.8, 4) is 0 Å². The molecule has 0 saturated carbocycles. The van der Waals surface area contributed by atoms with Crippen molar-refractivity contribution >= 4 is 10.0 Å². The van der Waals surface area contributed by atoms with Crippen LogP contribution in [0.25, 0.3) is 0 Å². The van der Waals surface area contributed by atoms with Gasteiger partial charge in [0.05, 0.1) is 19.0 Å². The first-order valence-electron chi connectivity index (χ1n) is 6.66. The van der Waals surface area contributed by atoms with Crippen LogP contribution in [-0.4, -0.2) is 70.3 Å². The molecule has 0 aromatic carbocycles. The lowest BCUT2D eigenvalue weighted by Crippen LogP contribution is -2.39. The highest BCUT2D eigenvalue weighted by Crippen LogP contribution is 2.13. The summed E-state index contributed by atoms with van der Waals surface area (Å²) in [6.07, 6.45) is 1.64. The second-order valence-corrected chi connectivity index (χ2v) is 7.32. The Morgan fingerprint density at radius 1 is 1.39 bits per heavy atom. The number of hydrogen-bond donors (Lipinski definition) is 0. The van der Waals surface area contributed by atoms with E-state index in [1.807, 2.05) is 21.0 Å². The minimum Gasteiger partial charge on any atom is -0.380 e. The van der Waals surface area contributed by atoms with Gasteiger partial charge >= 0.3 is 0 Å². The fourth-order valence-electron chi connectivity index (χ4n) is 2.18. The second kappa shape index (κ2) is 7.43. The number of ether oxygens (including phenoxy) is 1. The van der Waals surface area contributed by atoms with Crippen LogP contribution < -0.4 is 0 Å². The summed E-state index contributed by atoms with van der Waals surface area (Å²) in [6.45, 7) is 5.11. The van der Waals surface area contributed by atoms with E-state index in [4.69, 9.17) is 4.74 Å². The molecule has 1 heterocycles. The second-order valence-electron chi connectivity index (χ2n) is 5.23. The van der Waals surface area contributed by atoms with Crippen molar-refractivity contribution in [2.75, 3.05) is 52.7 Å². The zero-order chi connectivity index (χ0) is 13.6. The van der Waals surface area contributed by atoms with Gasteiger partial charge in [-0.2, -0.15) is 4.31 Å². The Morgan fingerprint density at radius 2 is 2.11 bits per heavy atom. The third kappa shape index (κ3) is 5.22. The van der Waals surface area contributed by atoms with Gasteiger partial charge in [0, 0.05) is 25.6 Å². The highest BCUT2D eigenvalue weighted by molar-refractivity contribution is 7.89. The van der Waals surface area contributed by atoms with Gasteiger partial charge < -0.3 is 9.64 Å². The monoisotopic (exact) mass is 278 g/mol. The fourth-order valence-corrected chi connectivity index (χ4v) is 3.89. The van der Waals surface area contributed by atoms with Crippen molar-refractivity contribution in [2.24, 2.45) is 5.92 Å². The Balaban J connectivity index is 2.63. The van der Waals surface area contributed by atoms with Gasteiger partial charge in [0.25, 0.3) is 0 Å². The molecule has 0 aliphatic carbocycles. The summed E-state index contributed by atoms with van der Waals surface area (Å²) in [5, 5.41) is 0. The van der Waals surface area contributed by atoms with Gasteiger partial charge in [-0.1, -0.05) is 13.3 Å². The van der Waals surface area contributed by atoms with Crippen molar-refractivity contribution in [1.29, 1.82) is 0 Å². The molecule has 0 N–H and O–H groups in total. The molecule has 1 atom stereocenters. The average molecular weight is 278 g/mol. The van der Waals surface area contributed by atoms with Crippen LogP contribution in [0.1, 0.15) is 19.8 Å². The molecule has 0 bridgehead atoms. The van der Waals surface area contributed by atoms with E-state index in [2.05, 4.69) is 4.90 Å². The molecule has 1 fully saturated rings. The smallest absolute Gasteiger partial charge is 0.214 e. The molecule has 0 spiro atoms. The maximum Gasteiger partial charge on any atom is 0.214 e. The van der Waals surface area contributed by atoms with Gasteiger partial charge in [0.1, 0.15) is 0 Å². The molecule has 5 nitrogen and oxygen atoms in total. The topological polar surface area (TPSA) is 49.9 Å². The SMILES string of the molecule is CCCCS(=O)(=O)N1CCOCC(CN(C)C)C1. The summed E-state index contributed by atoms with van der Waals surface area (Å²) in [5.74, 6) is 0.525. The molecule has 108 valence electrons. The summed E-state index contributed by atoms with van der Waals surface area (Å²) in [6, 6.07) is 0. The number of hydrogen-bond acceptors (Lipinski definition) is 4. The number of nitrogens with zero attached hydrogens (tertiary/aromatic N) is 2. The minimum absolute atomic E-state index is 0.262. The fraction of sp³-hybridized carbons (Fsp3) is 1.00. The molecule has 1 unspecified atom stereocenters. The van der Waals surface area contributed by atoms with E-state index in [0.717, 1.165) is 19.4 Å². The van der Waals surface area contributed by atoms with Gasteiger partial charge in [-0.25, -0.2) is 8.42 Å². The Kier molecular flexibility index (Phi) is 6.55. The van der Waals surface area contributed by atoms with E-state index in [1.54, 1.807) is 4.31 Å². The van der Waals surface area contributed by atoms with Crippen LogP contribution >= 0.6 is 0 Å².